The molecule has 374 valence electrons. The number of rotatable bonds is 10. The number of piperidine rings is 2. The van der Waals surface area contributed by atoms with Crippen molar-refractivity contribution in [1.82, 2.24) is 19.8 Å². The number of H-pyrrole nitrogens is 1. The van der Waals surface area contributed by atoms with Crippen LogP contribution in [0.15, 0.2) is 76.7 Å². The molecular weight excluding hydrogens is 937 g/mol. The van der Waals surface area contributed by atoms with Crippen molar-refractivity contribution in [2.75, 3.05) is 74.2 Å². The molecule has 4 N–H and O–H groups in total. The molecule has 0 radical (unpaired) electrons. The zero-order chi connectivity index (χ0) is 49.0. The smallest absolute Gasteiger partial charge is 0.297 e. The minimum Gasteiger partial charge on any atom is -0.489 e. The molecule has 3 aromatic carbocycles. The second-order valence-corrected chi connectivity index (χ2v) is 22.6. The Bertz CT molecular complexity index is 3060. The van der Waals surface area contributed by atoms with Crippen molar-refractivity contribution in [2.45, 2.75) is 104 Å². The molecule has 17 nitrogen and oxygen atoms in total. The van der Waals surface area contributed by atoms with Crippen LogP contribution >= 0.6 is 0 Å². The molecule has 6 aliphatic heterocycles. The van der Waals surface area contributed by atoms with E-state index in [0.717, 1.165) is 51.1 Å². The minimum absolute atomic E-state index is 0.00314. The van der Waals surface area contributed by atoms with Crippen molar-refractivity contribution in [3.8, 4) is 11.6 Å². The van der Waals surface area contributed by atoms with Crippen LogP contribution < -0.4 is 30.3 Å². The van der Waals surface area contributed by atoms with Crippen molar-refractivity contribution in [2.24, 2.45) is 11.1 Å². The number of primary amides is 1. The fourth-order valence-corrected chi connectivity index (χ4v) is 14.4. The van der Waals surface area contributed by atoms with E-state index in [-0.39, 0.29) is 84.6 Å². The first kappa shape index (κ1) is 46.0. The van der Waals surface area contributed by atoms with Crippen molar-refractivity contribution >= 4 is 55.2 Å². The number of hydrogen-bond donors (Lipinski definition) is 3. The third kappa shape index (κ3) is 8.01. The van der Waals surface area contributed by atoms with Crippen LogP contribution in [0.4, 0.5) is 37.2 Å². The number of aryl methyl sites for hydroxylation is 1. The third-order valence-corrected chi connectivity index (χ3v) is 18.2. The lowest BCUT2D eigenvalue weighted by molar-refractivity contribution is -0.384. The van der Waals surface area contributed by atoms with Crippen molar-refractivity contribution in [3.63, 3.8) is 0 Å². The van der Waals surface area contributed by atoms with Crippen molar-refractivity contribution < 1.29 is 41.1 Å². The molecule has 20 heteroatoms. The molecule has 5 aromatic rings. The quantitative estimate of drug-likeness (QED) is 0.0917. The molecule has 12 rings (SSSR count). The van der Waals surface area contributed by atoms with Gasteiger partial charge in [-0.05, 0) is 92.8 Å². The number of nitro groups is 1. The van der Waals surface area contributed by atoms with E-state index in [1.165, 1.54) is 17.2 Å². The Labute approximate surface area is 409 Å². The molecule has 2 aromatic heterocycles. The van der Waals surface area contributed by atoms with Gasteiger partial charge in [0.2, 0.25) is 15.7 Å². The number of ether oxygens (including phenoxy) is 3. The normalized spacial score (nSPS) is 25.2. The number of likely N-dealkylation sites (tertiary alicyclic amines) is 2. The van der Waals surface area contributed by atoms with E-state index in [1.807, 2.05) is 17.0 Å². The van der Waals surface area contributed by atoms with Crippen LogP contribution in [0.3, 0.4) is 0 Å². The molecule has 71 heavy (non-hydrogen) atoms. The summed E-state index contributed by atoms with van der Waals surface area (Å²) in [4.78, 5) is 41.8. The van der Waals surface area contributed by atoms with Gasteiger partial charge in [0.05, 0.1) is 52.1 Å². The van der Waals surface area contributed by atoms with Gasteiger partial charge in [-0.2, -0.15) is 4.98 Å². The van der Waals surface area contributed by atoms with Gasteiger partial charge in [0, 0.05) is 81.4 Å². The lowest BCUT2D eigenvalue weighted by atomic mass is 9.59. The average Bonchev–Trinajstić information content (AvgIpc) is 4.14. The predicted molar refractivity (Wildman–Crippen MR) is 261 cm³/mol. The second-order valence-electron chi connectivity index (χ2n) is 20.7. The van der Waals surface area contributed by atoms with Gasteiger partial charge >= 0.3 is 0 Å². The average molecular weight is 994 g/mol. The van der Waals surface area contributed by atoms with Crippen LogP contribution in [0.1, 0.15) is 78.9 Å². The Kier molecular flexibility index (Phi) is 11.2. The number of amides is 1. The van der Waals surface area contributed by atoms with Gasteiger partial charge < -0.3 is 44.9 Å². The first-order chi connectivity index (χ1) is 34.1. The number of nitro benzene ring substituents is 1. The molecule has 1 spiro atoms. The monoisotopic (exact) mass is 993 g/mol. The highest BCUT2D eigenvalue weighted by Crippen LogP contribution is 2.56. The van der Waals surface area contributed by atoms with Gasteiger partial charge in [-0.3, -0.25) is 19.8 Å². The second kappa shape index (κ2) is 17.3. The SMILES string of the molecule is Cc1ccccc1[C@@H]1CCCN1C1CC2(CCN(c3ccc(C(N)=O)c(N4c5cc6cc[nH]c6nc5O[C@@H]5COC[C@H]54)c3S(=O)(=O)c3cc4c(c([N+](=O)[O-])c3)N[C@H](CN3CCC(F)(F)CC3)CO4)CC2)C1. The summed E-state index contributed by atoms with van der Waals surface area (Å²) in [6, 6.07) is 17.6. The number of pyridine rings is 1. The molecular formula is C51H57F2N9O8S. The van der Waals surface area contributed by atoms with Crippen LogP contribution in [-0.4, -0.2) is 128 Å². The maximum Gasteiger partial charge on any atom is 0.297 e. The lowest BCUT2D eigenvalue weighted by Gasteiger charge is -2.56. The first-order valence-electron chi connectivity index (χ1n) is 24.8. The number of carbonyl (C=O) groups is 1. The molecule has 4 saturated heterocycles. The topological polar surface area (TPSA) is 202 Å². The third-order valence-electron chi connectivity index (χ3n) is 16.5. The number of halogens is 2. The Morgan fingerprint density at radius 3 is 2.52 bits per heavy atom. The fourth-order valence-electron chi connectivity index (χ4n) is 12.7. The fraction of sp³-hybridized carbons (Fsp3) is 0.490. The van der Waals surface area contributed by atoms with E-state index in [9.17, 15) is 23.7 Å². The Balaban J connectivity index is 0.932. The summed E-state index contributed by atoms with van der Waals surface area (Å²) in [6.07, 6.45) is 6.59. The Morgan fingerprint density at radius 1 is 0.972 bits per heavy atom. The highest BCUT2D eigenvalue weighted by Gasteiger charge is 2.51. The van der Waals surface area contributed by atoms with Crippen molar-refractivity contribution in [3.05, 3.63) is 93.7 Å². The number of hydrogen-bond acceptors (Lipinski definition) is 14. The number of aromatic nitrogens is 2. The van der Waals surface area contributed by atoms with E-state index < -0.39 is 55.4 Å². The van der Waals surface area contributed by atoms with Crippen LogP contribution in [0.25, 0.3) is 11.0 Å². The largest absolute Gasteiger partial charge is 0.489 e. The number of anilines is 4. The maximum absolute atomic E-state index is 16.0. The zero-order valence-corrected chi connectivity index (χ0v) is 40.3. The molecule has 5 fully saturated rings. The van der Waals surface area contributed by atoms with Crippen LogP contribution in [0.2, 0.25) is 0 Å². The van der Waals surface area contributed by atoms with E-state index in [1.54, 1.807) is 23.2 Å². The number of fused-ring (bicyclic) bond motifs is 4. The van der Waals surface area contributed by atoms with E-state index in [4.69, 9.17) is 24.9 Å². The van der Waals surface area contributed by atoms with E-state index >= 15 is 8.42 Å². The standard InChI is InChI=1S/C51H57F2N9O8S/c1-30-5-2-3-6-35(30)37-7-4-16-60(37)33-24-50(25-33)11-19-59(20-12-50)38-9-8-36(47(54)63)45(61-40-21-31-10-15-55-48(31)57-49(40)70-43-29-68-28-41(43)61)46(38)71(66,67)34-22-39(62(64)65)44-42(23-34)69-27-32(56-44)26-58-17-13-51(52,53)14-18-58/h2-3,5-6,8-10,15,21-23,32-33,37,41,43,56H,4,7,11-14,16-20,24-29H2,1H3,(H2,54,63)(H,55,57)/t32-,37+,41-,43-/m1/s1. The lowest BCUT2D eigenvalue weighted by Crippen LogP contribution is -2.55. The van der Waals surface area contributed by atoms with Gasteiger partial charge in [-0.25, -0.2) is 17.2 Å². The number of nitrogens with two attached hydrogens (primary N) is 1. The number of carbonyl (C=O) groups excluding carboxylic acids is 1. The highest BCUT2D eigenvalue weighted by atomic mass is 32.2. The Hall–Kier alpha value is -6.09. The molecule has 1 saturated carbocycles. The van der Waals surface area contributed by atoms with Crippen LogP contribution in [0.5, 0.6) is 11.6 Å². The van der Waals surface area contributed by atoms with Crippen LogP contribution in [0, 0.1) is 22.5 Å². The number of alkyl halides is 2. The number of aromatic amines is 1. The summed E-state index contributed by atoms with van der Waals surface area (Å²) in [6.45, 7) is 5.21. The number of nitrogens with zero attached hydrogens (tertiary/aromatic N) is 6. The van der Waals surface area contributed by atoms with E-state index in [0.29, 0.717) is 54.1 Å². The molecule has 4 atom stereocenters. The number of benzene rings is 3. The van der Waals surface area contributed by atoms with Crippen molar-refractivity contribution in [1.29, 1.82) is 0 Å². The predicted octanol–water partition coefficient (Wildman–Crippen LogP) is 7.50. The van der Waals surface area contributed by atoms with E-state index in [2.05, 4.69) is 51.3 Å². The zero-order valence-electron chi connectivity index (χ0n) is 39.4. The summed E-state index contributed by atoms with van der Waals surface area (Å²) >= 11 is 0. The summed E-state index contributed by atoms with van der Waals surface area (Å²) < 4.78 is 78.6. The van der Waals surface area contributed by atoms with Gasteiger partial charge in [-0.1, -0.05) is 24.3 Å². The summed E-state index contributed by atoms with van der Waals surface area (Å²) in [7, 11) is -4.83. The number of sulfone groups is 1. The van der Waals surface area contributed by atoms with Gasteiger partial charge in [0.25, 0.3) is 17.5 Å². The summed E-state index contributed by atoms with van der Waals surface area (Å²) in [5.74, 6) is -3.46. The maximum atomic E-state index is 16.0. The first-order valence-corrected chi connectivity index (χ1v) is 26.3. The summed E-state index contributed by atoms with van der Waals surface area (Å²) in [5, 5.41) is 16.9. The molecule has 1 amide bonds. The Morgan fingerprint density at radius 2 is 1.76 bits per heavy atom. The molecule has 1 aliphatic carbocycles. The van der Waals surface area contributed by atoms with Crippen LogP contribution in [-0.2, 0) is 14.6 Å². The molecule has 0 bridgehead atoms. The molecule has 7 aliphatic rings. The highest BCUT2D eigenvalue weighted by molar-refractivity contribution is 7.91. The van der Waals surface area contributed by atoms with Gasteiger partial charge in [-0.15, -0.1) is 0 Å². The summed E-state index contributed by atoms with van der Waals surface area (Å²) in [5.41, 5.74) is 9.70. The molecule has 0 unspecified atom stereocenters. The van der Waals surface area contributed by atoms with Gasteiger partial charge in [0.1, 0.15) is 28.9 Å². The minimum atomic E-state index is -4.83. The number of nitrogens with one attached hydrogen (secondary N) is 2. The van der Waals surface area contributed by atoms with Gasteiger partial charge in [0.15, 0.2) is 11.4 Å². The molecule has 8 heterocycles.